The highest BCUT2D eigenvalue weighted by molar-refractivity contribution is 6.05. The van der Waals surface area contributed by atoms with Crippen molar-refractivity contribution in [2.24, 2.45) is 0 Å². The first-order valence-electron chi connectivity index (χ1n) is 9.11. The second-order valence-electron chi connectivity index (χ2n) is 6.66. The normalized spacial score (nSPS) is 12.4. The van der Waals surface area contributed by atoms with Gasteiger partial charge in [-0.3, -0.25) is 9.59 Å². The molecule has 0 fully saturated rings. The van der Waals surface area contributed by atoms with Crippen LogP contribution in [0.2, 0.25) is 0 Å². The van der Waals surface area contributed by atoms with Crippen LogP contribution in [0.3, 0.4) is 0 Å². The predicted octanol–water partition coefficient (Wildman–Crippen LogP) is 4.17. The van der Waals surface area contributed by atoms with Crippen molar-refractivity contribution in [2.45, 2.75) is 13.3 Å². The first-order chi connectivity index (χ1) is 14.0. The van der Waals surface area contributed by atoms with Gasteiger partial charge in [0.1, 0.15) is 11.6 Å². The minimum absolute atomic E-state index is 0.00466. The monoisotopic (exact) mass is 391 g/mol. The molecule has 0 saturated carbocycles. The fourth-order valence-corrected chi connectivity index (χ4v) is 3.21. The van der Waals surface area contributed by atoms with Gasteiger partial charge in [-0.15, -0.1) is 0 Å². The second-order valence-corrected chi connectivity index (χ2v) is 6.66. The standard InChI is InChI=1S/C22H18FN3O3/c1-14(27)26-11-10-15-12-16(2-8-20(15)26)22(28)25-18-5-9-21(24-13-18)29-19-6-3-17(23)4-7-19/h2-9,12-13H,10-11H2,1H3,(H,25,28). The largest absolute Gasteiger partial charge is 0.439 e. The molecule has 1 aliphatic rings. The molecular weight excluding hydrogens is 373 g/mol. The number of hydrogen-bond donors (Lipinski definition) is 1. The number of halogens is 1. The van der Waals surface area contributed by atoms with E-state index in [9.17, 15) is 14.0 Å². The molecule has 3 aromatic rings. The number of rotatable bonds is 4. The van der Waals surface area contributed by atoms with Gasteiger partial charge < -0.3 is 15.0 Å². The van der Waals surface area contributed by atoms with Crippen LogP contribution in [0.5, 0.6) is 11.6 Å². The number of nitrogens with zero attached hydrogens (tertiary/aromatic N) is 2. The number of carbonyl (C=O) groups is 2. The summed E-state index contributed by atoms with van der Waals surface area (Å²) in [4.78, 5) is 30.1. The summed E-state index contributed by atoms with van der Waals surface area (Å²) < 4.78 is 18.5. The summed E-state index contributed by atoms with van der Waals surface area (Å²) in [5, 5.41) is 2.79. The van der Waals surface area contributed by atoms with Gasteiger partial charge in [0.2, 0.25) is 11.8 Å². The van der Waals surface area contributed by atoms with E-state index in [0.29, 0.717) is 29.4 Å². The van der Waals surface area contributed by atoms with Crippen molar-refractivity contribution in [1.29, 1.82) is 0 Å². The number of nitrogens with one attached hydrogen (secondary N) is 1. The summed E-state index contributed by atoms with van der Waals surface area (Å²) in [7, 11) is 0. The fourth-order valence-electron chi connectivity index (χ4n) is 3.21. The Morgan fingerprint density at radius 3 is 2.59 bits per heavy atom. The number of fused-ring (bicyclic) bond motifs is 1. The third-order valence-corrected chi connectivity index (χ3v) is 4.65. The summed E-state index contributed by atoms with van der Waals surface area (Å²) in [6, 6.07) is 14.2. The maximum absolute atomic E-state index is 12.9. The fraction of sp³-hybridized carbons (Fsp3) is 0.136. The van der Waals surface area contributed by atoms with Crippen molar-refractivity contribution >= 4 is 23.2 Å². The Balaban J connectivity index is 1.42. The molecule has 146 valence electrons. The van der Waals surface area contributed by atoms with Gasteiger partial charge in [0.15, 0.2) is 0 Å². The SMILES string of the molecule is CC(=O)N1CCc2cc(C(=O)Nc3ccc(Oc4ccc(F)cc4)nc3)ccc21. The highest BCUT2D eigenvalue weighted by Gasteiger charge is 2.23. The van der Waals surface area contributed by atoms with E-state index in [1.54, 1.807) is 29.2 Å². The Bertz CT molecular complexity index is 1070. The first kappa shape index (κ1) is 18.6. The summed E-state index contributed by atoms with van der Waals surface area (Å²) in [6.07, 6.45) is 2.22. The Hall–Kier alpha value is -3.74. The number of benzene rings is 2. The highest BCUT2D eigenvalue weighted by atomic mass is 19.1. The molecule has 2 heterocycles. The van der Waals surface area contributed by atoms with Gasteiger partial charge in [-0.1, -0.05) is 0 Å². The molecule has 0 spiro atoms. The number of amides is 2. The number of pyridine rings is 1. The topological polar surface area (TPSA) is 71.5 Å². The lowest BCUT2D eigenvalue weighted by atomic mass is 10.1. The molecule has 7 heteroatoms. The van der Waals surface area contributed by atoms with Gasteiger partial charge in [0.05, 0.1) is 11.9 Å². The summed E-state index contributed by atoms with van der Waals surface area (Å²) in [5.74, 6) is 0.187. The summed E-state index contributed by atoms with van der Waals surface area (Å²) in [6.45, 7) is 2.17. The van der Waals surface area contributed by atoms with E-state index in [1.807, 2.05) is 6.07 Å². The second kappa shape index (κ2) is 7.71. The minimum atomic E-state index is -0.344. The van der Waals surface area contributed by atoms with Crippen molar-refractivity contribution in [3.63, 3.8) is 0 Å². The molecule has 6 nitrogen and oxygen atoms in total. The molecule has 0 radical (unpaired) electrons. The Kier molecular flexibility index (Phi) is 4.95. The Labute approximate surface area is 166 Å². The number of ether oxygens (including phenoxy) is 1. The summed E-state index contributed by atoms with van der Waals surface area (Å²) in [5.41, 5.74) is 2.88. The molecule has 0 atom stereocenters. The number of aromatic nitrogens is 1. The van der Waals surface area contributed by atoms with Crippen LogP contribution in [0.1, 0.15) is 22.8 Å². The molecule has 0 bridgehead atoms. The maximum atomic E-state index is 12.9. The summed E-state index contributed by atoms with van der Waals surface area (Å²) >= 11 is 0. The quantitative estimate of drug-likeness (QED) is 0.724. The molecule has 0 saturated heterocycles. The lowest BCUT2D eigenvalue weighted by Crippen LogP contribution is -2.25. The van der Waals surface area contributed by atoms with Crippen LogP contribution in [0.4, 0.5) is 15.8 Å². The van der Waals surface area contributed by atoms with E-state index >= 15 is 0 Å². The number of hydrogen-bond acceptors (Lipinski definition) is 4. The third kappa shape index (κ3) is 4.08. The van der Waals surface area contributed by atoms with Crippen LogP contribution in [0, 0.1) is 5.82 Å². The molecule has 0 unspecified atom stereocenters. The van der Waals surface area contributed by atoms with Crippen molar-refractivity contribution in [1.82, 2.24) is 4.98 Å². The van der Waals surface area contributed by atoms with Crippen molar-refractivity contribution in [2.75, 3.05) is 16.8 Å². The van der Waals surface area contributed by atoms with E-state index in [2.05, 4.69) is 10.3 Å². The zero-order valence-electron chi connectivity index (χ0n) is 15.7. The van der Waals surface area contributed by atoms with E-state index in [4.69, 9.17) is 4.74 Å². The molecule has 2 aromatic carbocycles. The molecule has 1 N–H and O–H groups in total. The highest BCUT2D eigenvalue weighted by Crippen LogP contribution is 2.29. The molecule has 1 aliphatic heterocycles. The van der Waals surface area contributed by atoms with Crippen LogP contribution < -0.4 is 15.0 Å². The van der Waals surface area contributed by atoms with Crippen molar-refractivity contribution < 1.29 is 18.7 Å². The van der Waals surface area contributed by atoms with Gasteiger partial charge in [0, 0.05) is 30.8 Å². The first-order valence-corrected chi connectivity index (χ1v) is 9.11. The molecule has 0 aliphatic carbocycles. The maximum Gasteiger partial charge on any atom is 0.255 e. The number of carbonyl (C=O) groups excluding carboxylic acids is 2. The van der Waals surface area contributed by atoms with Crippen LogP contribution in [0.25, 0.3) is 0 Å². The predicted molar refractivity (Wildman–Crippen MR) is 107 cm³/mol. The van der Waals surface area contributed by atoms with Crippen LogP contribution >= 0.6 is 0 Å². The minimum Gasteiger partial charge on any atom is -0.439 e. The zero-order chi connectivity index (χ0) is 20.4. The van der Waals surface area contributed by atoms with Gasteiger partial charge >= 0.3 is 0 Å². The molecular formula is C22H18FN3O3. The smallest absolute Gasteiger partial charge is 0.255 e. The van der Waals surface area contributed by atoms with Gasteiger partial charge in [-0.2, -0.15) is 0 Å². The Morgan fingerprint density at radius 2 is 1.90 bits per heavy atom. The van der Waals surface area contributed by atoms with E-state index in [1.165, 1.54) is 37.4 Å². The number of anilines is 2. The molecule has 29 heavy (non-hydrogen) atoms. The van der Waals surface area contributed by atoms with Crippen LogP contribution in [-0.2, 0) is 11.2 Å². The zero-order valence-corrected chi connectivity index (χ0v) is 15.7. The van der Waals surface area contributed by atoms with E-state index in [0.717, 1.165) is 17.7 Å². The Morgan fingerprint density at radius 1 is 1.10 bits per heavy atom. The van der Waals surface area contributed by atoms with Crippen molar-refractivity contribution in [3.8, 4) is 11.6 Å². The van der Waals surface area contributed by atoms with E-state index < -0.39 is 0 Å². The average molecular weight is 391 g/mol. The lowest BCUT2D eigenvalue weighted by Gasteiger charge is -2.14. The van der Waals surface area contributed by atoms with Crippen LogP contribution in [-0.4, -0.2) is 23.3 Å². The van der Waals surface area contributed by atoms with E-state index in [-0.39, 0.29) is 17.6 Å². The molecule has 1 aromatic heterocycles. The molecule has 4 rings (SSSR count). The average Bonchev–Trinajstić information content (AvgIpc) is 3.15. The van der Waals surface area contributed by atoms with Crippen molar-refractivity contribution in [3.05, 3.63) is 77.7 Å². The van der Waals surface area contributed by atoms with Gasteiger partial charge in [0.25, 0.3) is 5.91 Å². The molecule has 2 amide bonds. The van der Waals surface area contributed by atoms with Gasteiger partial charge in [-0.25, -0.2) is 9.37 Å². The third-order valence-electron chi connectivity index (χ3n) is 4.65. The van der Waals surface area contributed by atoms with Crippen LogP contribution in [0.15, 0.2) is 60.8 Å². The van der Waals surface area contributed by atoms with Gasteiger partial charge in [-0.05, 0) is 60.5 Å². The lowest BCUT2D eigenvalue weighted by molar-refractivity contribution is -0.116.